The van der Waals surface area contributed by atoms with Gasteiger partial charge in [-0.15, -0.1) is 0 Å². The smallest absolute Gasteiger partial charge is 0.0647 e. The quantitative estimate of drug-likeness (QED) is 0.897. The lowest BCUT2D eigenvalue weighted by Gasteiger charge is -2.51. The SMILES string of the molecule is CC1CN(C2(C)CCCOC2)C(c2ccccc2)CN1. The van der Waals surface area contributed by atoms with Crippen LogP contribution in [0.5, 0.6) is 0 Å². The van der Waals surface area contributed by atoms with Gasteiger partial charge in [0.05, 0.1) is 6.61 Å². The van der Waals surface area contributed by atoms with Crippen molar-refractivity contribution in [2.24, 2.45) is 0 Å². The van der Waals surface area contributed by atoms with Crippen LogP contribution in [0.25, 0.3) is 0 Å². The van der Waals surface area contributed by atoms with E-state index in [9.17, 15) is 0 Å². The van der Waals surface area contributed by atoms with Gasteiger partial charge in [0.25, 0.3) is 0 Å². The van der Waals surface area contributed by atoms with Crippen molar-refractivity contribution in [3.63, 3.8) is 0 Å². The molecule has 0 saturated carbocycles. The standard InChI is InChI=1S/C17H26N2O/c1-14-12-19(17(2)9-6-10-20-13-17)16(11-18-14)15-7-4-3-5-8-15/h3-5,7-8,14,16,18H,6,9-13H2,1-2H3. The highest BCUT2D eigenvalue weighted by atomic mass is 16.5. The van der Waals surface area contributed by atoms with Gasteiger partial charge in [0, 0.05) is 37.3 Å². The van der Waals surface area contributed by atoms with Gasteiger partial charge < -0.3 is 10.1 Å². The normalized spacial score (nSPS) is 35.9. The molecule has 0 bridgehead atoms. The first-order valence-electron chi connectivity index (χ1n) is 7.82. The number of nitrogens with one attached hydrogen (secondary N) is 1. The summed E-state index contributed by atoms with van der Waals surface area (Å²) in [6, 6.07) is 11.9. The molecule has 0 radical (unpaired) electrons. The maximum atomic E-state index is 5.80. The first-order valence-corrected chi connectivity index (χ1v) is 7.82. The summed E-state index contributed by atoms with van der Waals surface area (Å²) in [6.45, 7) is 8.57. The summed E-state index contributed by atoms with van der Waals surface area (Å²) in [5, 5.41) is 3.63. The van der Waals surface area contributed by atoms with Gasteiger partial charge in [-0.25, -0.2) is 0 Å². The van der Waals surface area contributed by atoms with Crippen LogP contribution in [0.3, 0.4) is 0 Å². The second kappa shape index (κ2) is 5.84. The fourth-order valence-corrected chi connectivity index (χ4v) is 3.63. The highest BCUT2D eigenvalue weighted by molar-refractivity contribution is 5.21. The van der Waals surface area contributed by atoms with Crippen molar-refractivity contribution in [1.29, 1.82) is 0 Å². The summed E-state index contributed by atoms with van der Waals surface area (Å²) in [4.78, 5) is 2.68. The highest BCUT2D eigenvalue weighted by Gasteiger charge is 2.41. The Balaban J connectivity index is 1.87. The van der Waals surface area contributed by atoms with E-state index in [1.165, 1.54) is 18.4 Å². The summed E-state index contributed by atoms with van der Waals surface area (Å²) < 4.78 is 5.80. The minimum Gasteiger partial charge on any atom is -0.380 e. The Labute approximate surface area is 122 Å². The summed E-state index contributed by atoms with van der Waals surface area (Å²) in [7, 11) is 0. The van der Waals surface area contributed by atoms with E-state index in [1.54, 1.807) is 0 Å². The van der Waals surface area contributed by atoms with Crippen LogP contribution >= 0.6 is 0 Å². The fraction of sp³-hybridized carbons (Fsp3) is 0.647. The van der Waals surface area contributed by atoms with Gasteiger partial charge in [-0.2, -0.15) is 0 Å². The average molecular weight is 274 g/mol. The maximum absolute atomic E-state index is 5.80. The highest BCUT2D eigenvalue weighted by Crippen LogP contribution is 2.35. The number of hydrogen-bond donors (Lipinski definition) is 1. The van der Waals surface area contributed by atoms with Crippen LogP contribution in [0, 0.1) is 0 Å². The topological polar surface area (TPSA) is 24.5 Å². The van der Waals surface area contributed by atoms with Crippen molar-refractivity contribution in [1.82, 2.24) is 10.2 Å². The van der Waals surface area contributed by atoms with E-state index in [-0.39, 0.29) is 5.54 Å². The molecule has 0 aromatic heterocycles. The molecule has 3 nitrogen and oxygen atoms in total. The Morgan fingerprint density at radius 3 is 2.80 bits per heavy atom. The molecule has 1 N–H and O–H groups in total. The van der Waals surface area contributed by atoms with Crippen LogP contribution < -0.4 is 5.32 Å². The van der Waals surface area contributed by atoms with E-state index >= 15 is 0 Å². The molecule has 2 aliphatic rings. The van der Waals surface area contributed by atoms with Crippen LogP contribution in [0.4, 0.5) is 0 Å². The molecule has 2 fully saturated rings. The molecule has 2 saturated heterocycles. The van der Waals surface area contributed by atoms with Crippen molar-refractivity contribution in [2.75, 3.05) is 26.3 Å². The van der Waals surface area contributed by atoms with Gasteiger partial charge in [0.1, 0.15) is 0 Å². The Kier molecular flexibility index (Phi) is 4.11. The number of piperazine rings is 1. The largest absolute Gasteiger partial charge is 0.380 e. The van der Waals surface area contributed by atoms with Crippen LogP contribution in [0.15, 0.2) is 30.3 Å². The number of nitrogens with zero attached hydrogens (tertiary/aromatic N) is 1. The van der Waals surface area contributed by atoms with Crippen molar-refractivity contribution < 1.29 is 4.74 Å². The molecule has 1 aromatic rings. The van der Waals surface area contributed by atoms with Crippen LogP contribution in [-0.2, 0) is 4.74 Å². The zero-order valence-electron chi connectivity index (χ0n) is 12.6. The van der Waals surface area contributed by atoms with Gasteiger partial charge in [0.2, 0.25) is 0 Å². The summed E-state index contributed by atoms with van der Waals surface area (Å²) in [6.07, 6.45) is 2.42. The first-order chi connectivity index (χ1) is 9.69. The lowest BCUT2D eigenvalue weighted by molar-refractivity contribution is -0.0713. The van der Waals surface area contributed by atoms with Crippen molar-refractivity contribution in [2.45, 2.75) is 44.3 Å². The number of ether oxygens (including phenoxy) is 1. The third-order valence-corrected chi connectivity index (χ3v) is 4.80. The van der Waals surface area contributed by atoms with E-state index in [0.29, 0.717) is 12.1 Å². The molecule has 1 aromatic carbocycles. The van der Waals surface area contributed by atoms with Gasteiger partial charge in [-0.05, 0) is 32.3 Å². The van der Waals surface area contributed by atoms with Gasteiger partial charge in [-0.3, -0.25) is 4.90 Å². The van der Waals surface area contributed by atoms with Crippen LogP contribution in [-0.4, -0.2) is 42.8 Å². The predicted octanol–water partition coefficient (Wildman–Crippen LogP) is 2.59. The Morgan fingerprint density at radius 1 is 1.30 bits per heavy atom. The van der Waals surface area contributed by atoms with E-state index in [0.717, 1.165) is 26.3 Å². The van der Waals surface area contributed by atoms with Gasteiger partial charge in [-0.1, -0.05) is 30.3 Å². The zero-order chi connectivity index (χ0) is 14.0. The molecule has 0 aliphatic carbocycles. The van der Waals surface area contributed by atoms with Crippen molar-refractivity contribution in [3.05, 3.63) is 35.9 Å². The molecular formula is C17H26N2O. The van der Waals surface area contributed by atoms with Gasteiger partial charge in [0.15, 0.2) is 0 Å². The third kappa shape index (κ3) is 2.76. The van der Waals surface area contributed by atoms with Crippen LogP contribution in [0.2, 0.25) is 0 Å². The number of benzene rings is 1. The number of hydrogen-bond acceptors (Lipinski definition) is 3. The van der Waals surface area contributed by atoms with E-state index in [4.69, 9.17) is 4.74 Å². The third-order valence-electron chi connectivity index (χ3n) is 4.80. The minimum absolute atomic E-state index is 0.176. The first kappa shape index (κ1) is 14.1. The molecule has 3 rings (SSSR count). The van der Waals surface area contributed by atoms with Crippen molar-refractivity contribution in [3.8, 4) is 0 Å². The molecule has 3 heteroatoms. The molecule has 110 valence electrons. The zero-order valence-corrected chi connectivity index (χ0v) is 12.6. The molecule has 3 unspecified atom stereocenters. The van der Waals surface area contributed by atoms with Crippen LogP contribution in [0.1, 0.15) is 38.3 Å². The molecule has 2 heterocycles. The van der Waals surface area contributed by atoms with Gasteiger partial charge >= 0.3 is 0 Å². The van der Waals surface area contributed by atoms with Crippen molar-refractivity contribution >= 4 is 0 Å². The van der Waals surface area contributed by atoms with E-state index < -0.39 is 0 Å². The Bertz CT molecular complexity index is 428. The molecular weight excluding hydrogens is 248 g/mol. The maximum Gasteiger partial charge on any atom is 0.0647 e. The molecule has 0 spiro atoms. The molecule has 20 heavy (non-hydrogen) atoms. The minimum atomic E-state index is 0.176. The second-order valence-corrected chi connectivity index (χ2v) is 6.54. The lowest BCUT2D eigenvalue weighted by atomic mass is 9.87. The van der Waals surface area contributed by atoms with E-state index in [1.807, 2.05) is 0 Å². The molecule has 0 amide bonds. The second-order valence-electron chi connectivity index (χ2n) is 6.54. The number of rotatable bonds is 2. The summed E-state index contributed by atoms with van der Waals surface area (Å²) in [5.41, 5.74) is 1.59. The molecule has 3 atom stereocenters. The van der Waals surface area contributed by atoms with E-state index in [2.05, 4.69) is 54.4 Å². The average Bonchev–Trinajstić information content (AvgIpc) is 2.49. The summed E-state index contributed by atoms with van der Waals surface area (Å²) in [5.74, 6) is 0. The summed E-state index contributed by atoms with van der Waals surface area (Å²) >= 11 is 0. The predicted molar refractivity (Wildman–Crippen MR) is 81.8 cm³/mol. The monoisotopic (exact) mass is 274 g/mol. The fourth-order valence-electron chi connectivity index (χ4n) is 3.63. The Morgan fingerprint density at radius 2 is 2.10 bits per heavy atom. The lowest BCUT2D eigenvalue weighted by Crippen LogP contribution is -2.61. The molecule has 2 aliphatic heterocycles. The Hall–Kier alpha value is -0.900.